The molecule has 6 heteroatoms. The molecule has 0 aliphatic heterocycles. The molecule has 0 saturated carbocycles. The number of amides is 1. The van der Waals surface area contributed by atoms with Crippen LogP contribution in [0, 0.1) is 0 Å². The maximum Gasteiger partial charge on any atom is 0.237 e. The van der Waals surface area contributed by atoms with Gasteiger partial charge in [-0.15, -0.1) is 0 Å². The van der Waals surface area contributed by atoms with Gasteiger partial charge in [0.2, 0.25) is 5.91 Å². The lowest BCUT2D eigenvalue weighted by Gasteiger charge is -2.19. The number of carbonyl (C=O) groups is 2. The van der Waals surface area contributed by atoms with Gasteiger partial charge in [-0.3, -0.25) is 9.59 Å². The van der Waals surface area contributed by atoms with Crippen LogP contribution in [0.1, 0.15) is 19.8 Å². The molecule has 0 aromatic carbocycles. The average Bonchev–Trinajstić information content (AvgIpc) is 2.26. The zero-order valence-electron chi connectivity index (χ0n) is 9.95. The van der Waals surface area contributed by atoms with Crippen LogP contribution in [0.3, 0.4) is 0 Å². The number of hydrogen-bond acceptors (Lipinski definition) is 5. The highest BCUT2D eigenvalue weighted by molar-refractivity contribution is 5.89. The highest BCUT2D eigenvalue weighted by atomic mass is 16.2. The van der Waals surface area contributed by atoms with Crippen molar-refractivity contribution in [2.24, 2.45) is 11.5 Å². The van der Waals surface area contributed by atoms with Crippen molar-refractivity contribution in [3.8, 4) is 0 Å². The van der Waals surface area contributed by atoms with Crippen LogP contribution < -0.4 is 22.1 Å². The van der Waals surface area contributed by atoms with Crippen molar-refractivity contribution in [2.45, 2.75) is 31.8 Å². The molecule has 0 saturated heterocycles. The number of ketones is 1. The summed E-state index contributed by atoms with van der Waals surface area (Å²) in [6, 6.07) is -0.918. The van der Waals surface area contributed by atoms with E-state index in [1.165, 1.54) is 6.92 Å². The highest BCUT2D eigenvalue weighted by Gasteiger charge is 2.20. The number of likely N-dealkylation sites (N-methyl/N-ethyl adjacent to an activating group) is 1. The molecule has 0 aromatic heterocycles. The van der Waals surface area contributed by atoms with Gasteiger partial charge in [0.25, 0.3) is 0 Å². The molecule has 6 N–H and O–H groups in total. The number of nitrogens with two attached hydrogens (primary N) is 2. The zero-order valence-corrected chi connectivity index (χ0v) is 9.95. The van der Waals surface area contributed by atoms with Crippen molar-refractivity contribution < 1.29 is 9.59 Å². The van der Waals surface area contributed by atoms with Gasteiger partial charge in [-0.05, 0) is 33.4 Å². The number of rotatable bonds is 8. The zero-order chi connectivity index (χ0) is 12.6. The first kappa shape index (κ1) is 15.0. The molecule has 1 amide bonds. The van der Waals surface area contributed by atoms with Crippen LogP contribution >= 0.6 is 0 Å². The Bertz CT molecular complexity index is 233. The molecule has 2 atom stereocenters. The normalized spacial score (nSPS) is 14.2. The topological polar surface area (TPSA) is 110 Å². The molecule has 0 rings (SSSR count). The molecule has 0 spiro atoms. The molecule has 0 aromatic rings. The van der Waals surface area contributed by atoms with Gasteiger partial charge in [-0.25, -0.2) is 0 Å². The van der Waals surface area contributed by atoms with Crippen LogP contribution in [-0.4, -0.2) is 43.9 Å². The average molecular weight is 230 g/mol. The van der Waals surface area contributed by atoms with Gasteiger partial charge in [0.1, 0.15) is 0 Å². The Balaban J connectivity index is 4.23. The Labute approximate surface area is 96.1 Å². The molecular weight excluding hydrogens is 208 g/mol. The predicted molar refractivity (Wildman–Crippen MR) is 62.8 cm³/mol. The van der Waals surface area contributed by atoms with E-state index in [2.05, 4.69) is 10.6 Å². The minimum absolute atomic E-state index is 0.119. The molecule has 16 heavy (non-hydrogen) atoms. The Kier molecular flexibility index (Phi) is 7.70. The second kappa shape index (κ2) is 8.20. The number of hydrogen-bond donors (Lipinski definition) is 4. The maximum absolute atomic E-state index is 11.7. The van der Waals surface area contributed by atoms with Gasteiger partial charge >= 0.3 is 0 Å². The van der Waals surface area contributed by atoms with E-state index in [0.717, 1.165) is 6.42 Å². The van der Waals surface area contributed by atoms with Gasteiger partial charge < -0.3 is 22.1 Å². The minimum atomic E-state index is -0.596. The van der Waals surface area contributed by atoms with Crippen molar-refractivity contribution in [1.29, 1.82) is 0 Å². The fraction of sp³-hybridized carbons (Fsp3) is 0.800. The van der Waals surface area contributed by atoms with Gasteiger partial charge in [0, 0.05) is 6.54 Å². The first-order valence-electron chi connectivity index (χ1n) is 5.45. The smallest absolute Gasteiger partial charge is 0.237 e. The summed E-state index contributed by atoms with van der Waals surface area (Å²) in [4.78, 5) is 22.8. The van der Waals surface area contributed by atoms with Gasteiger partial charge in [-0.1, -0.05) is 0 Å². The Morgan fingerprint density at radius 3 is 2.25 bits per heavy atom. The first-order valence-corrected chi connectivity index (χ1v) is 5.45. The van der Waals surface area contributed by atoms with E-state index >= 15 is 0 Å². The van der Waals surface area contributed by atoms with E-state index in [-0.39, 0.29) is 24.3 Å². The van der Waals surface area contributed by atoms with Gasteiger partial charge in [0.15, 0.2) is 5.78 Å². The first-order chi connectivity index (χ1) is 7.56. The summed E-state index contributed by atoms with van der Waals surface area (Å²) in [5, 5.41) is 5.49. The molecule has 0 fully saturated rings. The van der Waals surface area contributed by atoms with E-state index < -0.39 is 6.04 Å². The SMILES string of the molecule is CN[C@@H](CCCN)C(=O)N[C@@H](CN)C(C)=O. The van der Waals surface area contributed by atoms with Crippen molar-refractivity contribution in [3.63, 3.8) is 0 Å². The number of nitrogens with one attached hydrogen (secondary N) is 2. The second-order valence-corrected chi connectivity index (χ2v) is 3.68. The standard InChI is InChI=1S/C10H22N4O2/c1-7(15)9(6-12)14-10(16)8(13-2)4-3-5-11/h8-9,13H,3-6,11-12H2,1-2H3,(H,14,16)/t8-,9-/m0/s1. The Hall–Kier alpha value is -0.980. The Morgan fingerprint density at radius 1 is 1.25 bits per heavy atom. The summed E-state index contributed by atoms with van der Waals surface area (Å²) >= 11 is 0. The van der Waals surface area contributed by atoms with E-state index in [1.54, 1.807) is 7.05 Å². The molecule has 0 aliphatic rings. The molecular formula is C10H22N4O2. The lowest BCUT2D eigenvalue weighted by molar-refractivity contribution is -0.128. The largest absolute Gasteiger partial charge is 0.344 e. The monoisotopic (exact) mass is 230 g/mol. The van der Waals surface area contributed by atoms with Gasteiger partial charge in [-0.2, -0.15) is 0 Å². The maximum atomic E-state index is 11.7. The van der Waals surface area contributed by atoms with Crippen LogP contribution in [-0.2, 0) is 9.59 Å². The summed E-state index contributed by atoms with van der Waals surface area (Å²) in [5.41, 5.74) is 10.8. The summed E-state index contributed by atoms with van der Waals surface area (Å²) in [5.74, 6) is -0.342. The molecule has 6 nitrogen and oxygen atoms in total. The summed E-state index contributed by atoms with van der Waals surface area (Å²) in [7, 11) is 1.70. The lowest BCUT2D eigenvalue weighted by atomic mass is 10.1. The summed E-state index contributed by atoms with van der Waals surface area (Å²) in [6.07, 6.45) is 1.40. The third-order valence-corrected chi connectivity index (χ3v) is 2.40. The number of carbonyl (C=O) groups excluding carboxylic acids is 2. The second-order valence-electron chi connectivity index (χ2n) is 3.68. The van der Waals surface area contributed by atoms with Gasteiger partial charge in [0.05, 0.1) is 12.1 Å². The molecule has 94 valence electrons. The third-order valence-electron chi connectivity index (χ3n) is 2.40. The molecule has 0 unspecified atom stereocenters. The summed E-state index contributed by atoms with van der Waals surface area (Å²) < 4.78 is 0. The predicted octanol–water partition coefficient (Wildman–Crippen LogP) is -1.65. The van der Waals surface area contributed by atoms with Crippen molar-refractivity contribution in [1.82, 2.24) is 10.6 Å². The molecule has 0 radical (unpaired) electrons. The van der Waals surface area contributed by atoms with Crippen molar-refractivity contribution >= 4 is 11.7 Å². The minimum Gasteiger partial charge on any atom is -0.344 e. The van der Waals surface area contributed by atoms with E-state index in [1.807, 2.05) is 0 Å². The van der Waals surface area contributed by atoms with Crippen LogP contribution in [0.4, 0.5) is 0 Å². The van der Waals surface area contributed by atoms with E-state index in [9.17, 15) is 9.59 Å². The fourth-order valence-corrected chi connectivity index (χ4v) is 1.33. The van der Waals surface area contributed by atoms with Crippen LogP contribution in [0.25, 0.3) is 0 Å². The number of Topliss-reactive ketones (excluding diaryl/α,β-unsaturated/α-hetero) is 1. The van der Waals surface area contributed by atoms with Crippen LogP contribution in [0.5, 0.6) is 0 Å². The third kappa shape index (κ3) is 5.20. The fourth-order valence-electron chi connectivity index (χ4n) is 1.33. The van der Waals surface area contributed by atoms with E-state index in [4.69, 9.17) is 11.5 Å². The van der Waals surface area contributed by atoms with Crippen molar-refractivity contribution in [2.75, 3.05) is 20.1 Å². The highest BCUT2D eigenvalue weighted by Crippen LogP contribution is 1.97. The quantitative estimate of drug-likeness (QED) is 0.399. The lowest BCUT2D eigenvalue weighted by Crippen LogP contribution is -2.51. The Morgan fingerprint density at radius 2 is 1.88 bits per heavy atom. The molecule has 0 heterocycles. The van der Waals surface area contributed by atoms with Crippen molar-refractivity contribution in [3.05, 3.63) is 0 Å². The van der Waals surface area contributed by atoms with Crippen LogP contribution in [0.15, 0.2) is 0 Å². The van der Waals surface area contributed by atoms with E-state index in [0.29, 0.717) is 13.0 Å². The molecule has 0 bridgehead atoms. The summed E-state index contributed by atoms with van der Waals surface area (Å²) in [6.45, 7) is 2.07. The van der Waals surface area contributed by atoms with Crippen LogP contribution in [0.2, 0.25) is 0 Å². The molecule has 0 aliphatic carbocycles.